The molecule has 0 N–H and O–H groups in total. The maximum atomic E-state index is 13.6. The summed E-state index contributed by atoms with van der Waals surface area (Å²) in [6.45, 7) is 1.22. The maximum absolute atomic E-state index is 13.6. The first-order valence-corrected chi connectivity index (χ1v) is 13.6. The van der Waals surface area contributed by atoms with E-state index in [1.54, 1.807) is 0 Å². The van der Waals surface area contributed by atoms with Gasteiger partial charge >= 0.3 is 5.97 Å². The Morgan fingerprint density at radius 3 is 2.14 bits per heavy atom. The second-order valence-corrected chi connectivity index (χ2v) is 10.6. The standard InChI is InChI=1S/C31H24ClN3O8/c1-18-3-2-4-25-27(18)30(39)34(29(25)38)33(28(37)20-5-11-22(32)12-6-20)17-26(36)19-9-15-24(16-10-19)43-31(40)21-7-13-23(14-8-21)35(41)42/h2-3,5-16,18,25,27H,4,17H2,1H3/t18-,25+,27-/m1/s1. The molecular formula is C31H24ClN3O8. The smallest absolute Gasteiger partial charge is 0.343 e. The molecule has 5 rings (SSSR count). The van der Waals surface area contributed by atoms with Crippen molar-refractivity contribution in [1.29, 1.82) is 0 Å². The van der Waals surface area contributed by atoms with E-state index in [9.17, 15) is 34.1 Å². The van der Waals surface area contributed by atoms with E-state index >= 15 is 0 Å². The monoisotopic (exact) mass is 601 g/mol. The predicted molar refractivity (Wildman–Crippen MR) is 153 cm³/mol. The minimum absolute atomic E-state index is 0.0899. The molecule has 2 aliphatic rings. The molecule has 3 atom stereocenters. The minimum Gasteiger partial charge on any atom is -0.423 e. The van der Waals surface area contributed by atoms with Gasteiger partial charge in [-0.2, -0.15) is 5.01 Å². The summed E-state index contributed by atoms with van der Waals surface area (Å²) in [7, 11) is 0. The van der Waals surface area contributed by atoms with E-state index in [0.29, 0.717) is 11.4 Å². The third kappa shape index (κ3) is 5.93. The van der Waals surface area contributed by atoms with Crippen LogP contribution in [-0.4, -0.2) is 51.0 Å². The van der Waals surface area contributed by atoms with Crippen molar-refractivity contribution < 1.29 is 33.6 Å². The molecule has 0 saturated carbocycles. The molecule has 0 bridgehead atoms. The summed E-state index contributed by atoms with van der Waals surface area (Å²) in [6.07, 6.45) is 4.06. The third-order valence-corrected chi connectivity index (χ3v) is 7.66. The van der Waals surface area contributed by atoms with Crippen LogP contribution in [0.2, 0.25) is 5.02 Å². The lowest BCUT2D eigenvalue weighted by molar-refractivity contribution is -0.384. The van der Waals surface area contributed by atoms with Crippen LogP contribution >= 0.6 is 11.6 Å². The Morgan fingerprint density at radius 2 is 1.53 bits per heavy atom. The average Bonchev–Trinajstić information content (AvgIpc) is 3.26. The van der Waals surface area contributed by atoms with E-state index in [0.717, 1.165) is 10.0 Å². The van der Waals surface area contributed by atoms with Gasteiger partial charge in [-0.15, -0.1) is 0 Å². The number of ether oxygens (including phenoxy) is 1. The number of carbonyl (C=O) groups is 5. The molecule has 0 aromatic heterocycles. The van der Waals surface area contributed by atoms with Crippen molar-refractivity contribution in [1.82, 2.24) is 10.0 Å². The summed E-state index contributed by atoms with van der Waals surface area (Å²) in [6, 6.07) is 16.3. The van der Waals surface area contributed by atoms with Crippen LogP contribution in [0.1, 0.15) is 44.4 Å². The predicted octanol–water partition coefficient (Wildman–Crippen LogP) is 4.90. The summed E-state index contributed by atoms with van der Waals surface area (Å²) in [4.78, 5) is 76.6. The van der Waals surface area contributed by atoms with Gasteiger partial charge in [-0.1, -0.05) is 30.7 Å². The van der Waals surface area contributed by atoms with E-state index in [-0.39, 0.29) is 34.0 Å². The number of ketones is 1. The van der Waals surface area contributed by atoms with Gasteiger partial charge in [0.2, 0.25) is 0 Å². The summed E-state index contributed by atoms with van der Waals surface area (Å²) in [5, 5.41) is 12.9. The van der Waals surface area contributed by atoms with Crippen molar-refractivity contribution in [3.05, 3.63) is 117 Å². The topological polar surface area (TPSA) is 144 Å². The molecule has 3 aromatic carbocycles. The summed E-state index contributed by atoms with van der Waals surface area (Å²) < 4.78 is 5.30. The SMILES string of the molecule is C[C@@H]1C=CC[C@@H]2C(=O)N(N(CC(=O)c3ccc(OC(=O)c4ccc([N+](=O)[O-])cc4)cc3)C(=O)c3ccc(Cl)cc3)C(=O)[C@H]12. The Hall–Kier alpha value is -5.16. The number of amides is 3. The highest BCUT2D eigenvalue weighted by molar-refractivity contribution is 6.30. The Labute approximate surface area is 250 Å². The number of halogens is 1. The molecule has 0 spiro atoms. The van der Waals surface area contributed by atoms with Gasteiger partial charge in [0.15, 0.2) is 5.78 Å². The van der Waals surface area contributed by atoms with E-state index in [1.807, 2.05) is 19.1 Å². The van der Waals surface area contributed by atoms with Crippen molar-refractivity contribution in [2.75, 3.05) is 6.54 Å². The molecule has 1 saturated heterocycles. The molecule has 1 aliphatic carbocycles. The number of nitro groups is 1. The van der Waals surface area contributed by atoms with Crippen LogP contribution in [0.25, 0.3) is 0 Å². The molecule has 218 valence electrons. The second-order valence-electron chi connectivity index (χ2n) is 10.2. The highest BCUT2D eigenvalue weighted by Crippen LogP contribution is 2.39. The van der Waals surface area contributed by atoms with Gasteiger partial charge in [0.1, 0.15) is 12.3 Å². The normalized spacial score (nSPS) is 19.1. The van der Waals surface area contributed by atoms with Crippen LogP contribution in [0, 0.1) is 27.9 Å². The number of benzene rings is 3. The highest BCUT2D eigenvalue weighted by Gasteiger charge is 2.53. The lowest BCUT2D eigenvalue weighted by Gasteiger charge is -2.30. The van der Waals surface area contributed by atoms with Crippen LogP contribution < -0.4 is 4.74 Å². The molecule has 11 nitrogen and oxygen atoms in total. The highest BCUT2D eigenvalue weighted by atomic mass is 35.5. The molecular weight excluding hydrogens is 578 g/mol. The lowest BCUT2D eigenvalue weighted by Crippen LogP contribution is -2.52. The van der Waals surface area contributed by atoms with Gasteiger partial charge in [0, 0.05) is 28.3 Å². The largest absolute Gasteiger partial charge is 0.423 e. The number of allylic oxidation sites excluding steroid dienone is 2. The Morgan fingerprint density at radius 1 is 0.930 bits per heavy atom. The number of imide groups is 1. The molecule has 1 aliphatic heterocycles. The molecule has 3 amide bonds. The number of fused-ring (bicyclic) bond motifs is 1. The summed E-state index contributed by atoms with van der Waals surface area (Å²) >= 11 is 5.97. The van der Waals surface area contributed by atoms with Gasteiger partial charge in [0.25, 0.3) is 23.4 Å². The number of hydrogen-bond acceptors (Lipinski definition) is 8. The van der Waals surface area contributed by atoms with Gasteiger partial charge in [-0.25, -0.2) is 9.80 Å². The fraction of sp³-hybridized carbons (Fsp3) is 0.194. The Kier molecular flexibility index (Phi) is 8.18. The number of hydrogen-bond donors (Lipinski definition) is 0. The van der Waals surface area contributed by atoms with Crippen LogP contribution in [0.5, 0.6) is 5.75 Å². The number of nitrogens with zero attached hydrogens (tertiary/aromatic N) is 3. The summed E-state index contributed by atoms with van der Waals surface area (Å²) in [5.41, 5.74) is 0.181. The zero-order valence-electron chi connectivity index (χ0n) is 22.7. The molecule has 3 aromatic rings. The molecule has 0 radical (unpaired) electrons. The number of esters is 1. The lowest BCUT2D eigenvalue weighted by atomic mass is 9.78. The van der Waals surface area contributed by atoms with Crippen LogP contribution in [0.3, 0.4) is 0 Å². The Balaban J connectivity index is 1.35. The molecule has 1 fully saturated rings. The zero-order valence-corrected chi connectivity index (χ0v) is 23.5. The van der Waals surface area contributed by atoms with E-state index in [4.69, 9.17) is 16.3 Å². The first kappa shape index (κ1) is 29.3. The van der Waals surface area contributed by atoms with Gasteiger partial charge in [-0.3, -0.25) is 29.3 Å². The fourth-order valence-corrected chi connectivity index (χ4v) is 5.29. The number of nitro benzene ring substituents is 1. The first-order chi connectivity index (χ1) is 20.5. The number of Topliss-reactive ketones (excluding diaryl/α,β-unsaturated/α-hetero) is 1. The van der Waals surface area contributed by atoms with Crippen LogP contribution in [0.4, 0.5) is 5.69 Å². The number of rotatable bonds is 8. The van der Waals surface area contributed by atoms with E-state index in [1.165, 1.54) is 72.8 Å². The fourth-order valence-electron chi connectivity index (χ4n) is 5.17. The van der Waals surface area contributed by atoms with Crippen LogP contribution in [0.15, 0.2) is 84.9 Å². The van der Waals surface area contributed by atoms with Gasteiger partial charge in [-0.05, 0) is 73.0 Å². The molecule has 0 unspecified atom stereocenters. The van der Waals surface area contributed by atoms with Gasteiger partial charge < -0.3 is 4.74 Å². The molecule has 43 heavy (non-hydrogen) atoms. The maximum Gasteiger partial charge on any atom is 0.343 e. The third-order valence-electron chi connectivity index (χ3n) is 7.41. The number of non-ortho nitro benzene ring substituents is 1. The van der Waals surface area contributed by atoms with Gasteiger partial charge in [0.05, 0.1) is 22.3 Å². The van der Waals surface area contributed by atoms with Crippen molar-refractivity contribution >= 4 is 46.8 Å². The van der Waals surface area contributed by atoms with Crippen molar-refractivity contribution in [2.45, 2.75) is 13.3 Å². The average molecular weight is 602 g/mol. The minimum atomic E-state index is -0.759. The molecule has 1 heterocycles. The number of hydrazine groups is 1. The van der Waals surface area contributed by atoms with Crippen molar-refractivity contribution in [3.8, 4) is 5.75 Å². The zero-order chi connectivity index (χ0) is 30.8. The first-order valence-electron chi connectivity index (χ1n) is 13.3. The summed E-state index contributed by atoms with van der Waals surface area (Å²) in [5.74, 6) is -4.54. The Bertz CT molecular complexity index is 1650. The van der Waals surface area contributed by atoms with Crippen LogP contribution in [-0.2, 0) is 9.59 Å². The number of carbonyl (C=O) groups excluding carboxylic acids is 5. The van der Waals surface area contributed by atoms with Crippen molar-refractivity contribution in [3.63, 3.8) is 0 Å². The molecule has 12 heteroatoms. The quantitative estimate of drug-likeness (QED) is 0.0674. The van der Waals surface area contributed by atoms with E-state index < -0.39 is 52.8 Å². The van der Waals surface area contributed by atoms with E-state index in [2.05, 4.69) is 0 Å². The van der Waals surface area contributed by atoms with Crippen molar-refractivity contribution in [2.24, 2.45) is 17.8 Å². The second kappa shape index (κ2) is 12.0.